The molecule has 0 saturated heterocycles. The maximum Gasteiger partial charge on any atom is 0.338 e. The Labute approximate surface area is 217 Å². The molecule has 2 aromatic carbocycles. The Balaban J connectivity index is 1.83. The van der Waals surface area contributed by atoms with Crippen molar-refractivity contribution >= 4 is 12.0 Å². The summed E-state index contributed by atoms with van der Waals surface area (Å²) in [5, 5.41) is 10.5. The first-order valence-electron chi connectivity index (χ1n) is 12.7. The van der Waals surface area contributed by atoms with Crippen LogP contribution in [0.1, 0.15) is 57.7 Å². The highest BCUT2D eigenvalue weighted by molar-refractivity contribution is 5.95. The number of aryl methyl sites for hydroxylation is 1. The molecule has 0 aliphatic carbocycles. The Morgan fingerprint density at radius 1 is 1.14 bits per heavy atom. The number of rotatable bonds is 9. The van der Waals surface area contributed by atoms with E-state index in [0.717, 1.165) is 35.4 Å². The van der Waals surface area contributed by atoms with Crippen molar-refractivity contribution in [2.45, 2.75) is 59.6 Å². The number of aromatic nitrogens is 2. The molecule has 8 nitrogen and oxygen atoms in total. The van der Waals surface area contributed by atoms with Crippen molar-refractivity contribution in [3.63, 3.8) is 0 Å². The van der Waals surface area contributed by atoms with Gasteiger partial charge in [-0.05, 0) is 70.0 Å². The lowest BCUT2D eigenvalue weighted by Gasteiger charge is -2.28. The van der Waals surface area contributed by atoms with Gasteiger partial charge in [-0.3, -0.25) is 0 Å². The fourth-order valence-electron chi connectivity index (χ4n) is 4.30. The van der Waals surface area contributed by atoms with Gasteiger partial charge in [0.2, 0.25) is 0 Å². The second-order valence-corrected chi connectivity index (χ2v) is 9.42. The van der Waals surface area contributed by atoms with Crippen molar-refractivity contribution in [2.75, 3.05) is 6.61 Å². The van der Waals surface area contributed by atoms with E-state index in [-0.39, 0.29) is 6.10 Å². The van der Waals surface area contributed by atoms with Crippen LogP contribution in [0.3, 0.4) is 0 Å². The molecular formula is C29H34N4O4. The molecule has 1 aromatic heterocycles. The molecule has 0 fully saturated rings. The summed E-state index contributed by atoms with van der Waals surface area (Å²) in [4.78, 5) is 25.7. The first kappa shape index (κ1) is 26.0. The van der Waals surface area contributed by atoms with Crippen molar-refractivity contribution < 1.29 is 19.1 Å². The van der Waals surface area contributed by atoms with Gasteiger partial charge < -0.3 is 20.1 Å². The van der Waals surface area contributed by atoms with Gasteiger partial charge in [0.15, 0.2) is 0 Å². The maximum atomic E-state index is 13.1. The number of amides is 2. The van der Waals surface area contributed by atoms with Crippen LogP contribution < -0.4 is 15.4 Å². The molecule has 194 valence electrons. The third-order valence-electron chi connectivity index (χ3n) is 6.11. The molecule has 1 aliphatic rings. The molecule has 3 aromatic rings. The first-order chi connectivity index (χ1) is 17.8. The average molecular weight is 503 g/mol. The summed E-state index contributed by atoms with van der Waals surface area (Å²) in [6, 6.07) is 14.5. The number of unbranched alkanes of at least 4 members (excludes halogenated alkanes) is 1. The van der Waals surface area contributed by atoms with Crippen LogP contribution in [0.15, 0.2) is 66.0 Å². The molecule has 0 spiro atoms. The number of allylic oxidation sites excluding steroid dienone is 1. The van der Waals surface area contributed by atoms with E-state index >= 15 is 0 Å². The van der Waals surface area contributed by atoms with Gasteiger partial charge in [0, 0.05) is 23.0 Å². The minimum Gasteiger partial charge on any atom is -0.493 e. The van der Waals surface area contributed by atoms with Gasteiger partial charge in [-0.25, -0.2) is 14.3 Å². The number of benzene rings is 2. The Kier molecular flexibility index (Phi) is 7.96. The fourth-order valence-corrected chi connectivity index (χ4v) is 4.30. The molecule has 37 heavy (non-hydrogen) atoms. The molecule has 0 bridgehead atoms. The van der Waals surface area contributed by atoms with Crippen LogP contribution in [0.5, 0.6) is 5.75 Å². The van der Waals surface area contributed by atoms with E-state index < -0.39 is 18.0 Å². The van der Waals surface area contributed by atoms with E-state index in [1.54, 1.807) is 25.5 Å². The quantitative estimate of drug-likeness (QED) is 0.293. The fraction of sp³-hybridized carbons (Fsp3) is 0.345. The highest BCUT2D eigenvalue weighted by Crippen LogP contribution is 2.36. The van der Waals surface area contributed by atoms with E-state index in [2.05, 4.69) is 17.6 Å². The summed E-state index contributed by atoms with van der Waals surface area (Å²) in [5.41, 5.74) is 4.83. The number of carbonyl (C=O) groups is 2. The molecule has 0 radical (unpaired) electrons. The molecule has 1 aliphatic heterocycles. The summed E-state index contributed by atoms with van der Waals surface area (Å²) in [6.07, 6.45) is 3.61. The van der Waals surface area contributed by atoms with Crippen molar-refractivity contribution in [1.29, 1.82) is 0 Å². The van der Waals surface area contributed by atoms with Gasteiger partial charge in [-0.15, -0.1) is 0 Å². The highest BCUT2D eigenvalue weighted by Gasteiger charge is 2.35. The molecular weight excluding hydrogens is 468 g/mol. The van der Waals surface area contributed by atoms with Gasteiger partial charge >= 0.3 is 12.0 Å². The number of hydrogen-bond donors (Lipinski definition) is 2. The maximum absolute atomic E-state index is 13.1. The third-order valence-corrected chi connectivity index (χ3v) is 6.11. The number of nitrogens with one attached hydrogen (secondary N) is 2. The van der Waals surface area contributed by atoms with Crippen molar-refractivity contribution in [2.24, 2.45) is 0 Å². The summed E-state index contributed by atoms with van der Waals surface area (Å²) >= 11 is 0. The van der Waals surface area contributed by atoms with Crippen LogP contribution in [0.4, 0.5) is 4.79 Å². The van der Waals surface area contributed by atoms with Gasteiger partial charge in [-0.2, -0.15) is 5.10 Å². The van der Waals surface area contributed by atoms with Gasteiger partial charge in [0.05, 0.1) is 35.7 Å². The molecule has 4 rings (SSSR count). The van der Waals surface area contributed by atoms with Crippen molar-refractivity contribution in [3.05, 3.63) is 77.1 Å². The lowest BCUT2D eigenvalue weighted by atomic mass is 9.93. The van der Waals surface area contributed by atoms with E-state index in [9.17, 15) is 9.59 Å². The first-order valence-corrected chi connectivity index (χ1v) is 12.7. The molecule has 2 heterocycles. The summed E-state index contributed by atoms with van der Waals surface area (Å²) < 4.78 is 13.2. The van der Waals surface area contributed by atoms with Crippen LogP contribution in [0.2, 0.25) is 0 Å². The van der Waals surface area contributed by atoms with Crippen LogP contribution in [0, 0.1) is 6.92 Å². The van der Waals surface area contributed by atoms with Crippen LogP contribution in [-0.2, 0) is 9.53 Å². The topological polar surface area (TPSA) is 94.5 Å². The van der Waals surface area contributed by atoms with E-state index in [4.69, 9.17) is 14.6 Å². The van der Waals surface area contributed by atoms with Crippen LogP contribution in [-0.4, -0.2) is 34.5 Å². The number of hydrogen-bond acceptors (Lipinski definition) is 5. The Morgan fingerprint density at radius 2 is 1.89 bits per heavy atom. The minimum absolute atomic E-state index is 0.305. The minimum atomic E-state index is -0.742. The lowest BCUT2D eigenvalue weighted by Crippen LogP contribution is -2.45. The summed E-state index contributed by atoms with van der Waals surface area (Å²) in [5.74, 6) is 0.340. The molecule has 1 atom stereocenters. The number of carbonyl (C=O) groups excluding carboxylic acids is 2. The van der Waals surface area contributed by atoms with Crippen molar-refractivity contribution in [1.82, 2.24) is 20.4 Å². The normalized spacial score (nSPS) is 15.4. The zero-order valence-corrected chi connectivity index (χ0v) is 22.0. The monoisotopic (exact) mass is 502 g/mol. The zero-order valence-electron chi connectivity index (χ0n) is 22.0. The Bertz CT molecular complexity index is 1310. The largest absolute Gasteiger partial charge is 0.493 e. The highest BCUT2D eigenvalue weighted by atomic mass is 16.5. The summed E-state index contributed by atoms with van der Waals surface area (Å²) in [7, 11) is 0. The number of esters is 1. The Morgan fingerprint density at radius 3 is 2.57 bits per heavy atom. The van der Waals surface area contributed by atoms with Gasteiger partial charge in [0.1, 0.15) is 5.75 Å². The smallest absolute Gasteiger partial charge is 0.338 e. The number of ether oxygens (including phenoxy) is 2. The molecule has 0 saturated carbocycles. The number of urea groups is 1. The number of nitrogens with zero attached hydrogens (tertiary/aromatic N) is 2. The average Bonchev–Trinajstić information content (AvgIpc) is 3.30. The Hall–Kier alpha value is -4.07. The second kappa shape index (κ2) is 11.3. The van der Waals surface area contributed by atoms with Gasteiger partial charge in [0.25, 0.3) is 0 Å². The second-order valence-electron chi connectivity index (χ2n) is 9.42. The van der Waals surface area contributed by atoms with Crippen molar-refractivity contribution in [3.8, 4) is 22.7 Å². The predicted octanol–water partition coefficient (Wildman–Crippen LogP) is 5.61. The molecule has 2 N–H and O–H groups in total. The van der Waals surface area contributed by atoms with E-state index in [1.807, 2.05) is 61.7 Å². The zero-order chi connectivity index (χ0) is 26.5. The molecule has 2 amide bonds. The number of para-hydroxylation sites is 1. The van der Waals surface area contributed by atoms with Crippen LogP contribution >= 0.6 is 0 Å². The lowest BCUT2D eigenvalue weighted by molar-refractivity contribution is -0.143. The van der Waals surface area contributed by atoms with Gasteiger partial charge in [-0.1, -0.05) is 31.5 Å². The third kappa shape index (κ3) is 5.85. The summed E-state index contributed by atoms with van der Waals surface area (Å²) in [6.45, 7) is 10.1. The standard InChI is InChI=1S/C29H34N4O4/c1-6-7-15-36-24-14-13-21(16-19(24)4)26-23(17-33(32-26)22-11-9-8-10-12-22)27-25(28(34)37-18(2)3)20(5)30-29(35)31-27/h8-14,16-18,27H,6-7,15H2,1-5H3,(H2,30,31,35)/t27-/m0/s1. The molecule has 8 heteroatoms. The van der Waals surface area contributed by atoms with Crippen LogP contribution in [0.25, 0.3) is 16.9 Å². The van der Waals surface area contributed by atoms with E-state index in [1.165, 1.54) is 0 Å². The molecule has 0 unspecified atom stereocenters. The SMILES string of the molecule is CCCCOc1ccc(-c2nn(-c3ccccc3)cc2[C@@H]2NC(=O)NC(C)=C2C(=O)OC(C)C)cc1C. The predicted molar refractivity (Wildman–Crippen MR) is 142 cm³/mol. The van der Waals surface area contributed by atoms with E-state index in [0.29, 0.717) is 29.1 Å².